The Morgan fingerprint density at radius 1 is 1.92 bits per heavy atom. The monoisotopic (exact) mass is 187 g/mol. The van der Waals surface area contributed by atoms with Gasteiger partial charge in [-0.15, -0.1) is 0 Å². The highest BCUT2D eigenvalue weighted by atomic mass is 32.2. The van der Waals surface area contributed by atoms with E-state index in [9.17, 15) is 4.79 Å². The summed E-state index contributed by atoms with van der Waals surface area (Å²) in [6, 6.07) is 0. The first-order chi connectivity index (χ1) is 5.68. The molecule has 0 fully saturated rings. The molecule has 1 aliphatic rings. The van der Waals surface area contributed by atoms with E-state index in [0.717, 1.165) is 17.5 Å². The van der Waals surface area contributed by atoms with E-state index in [1.54, 1.807) is 11.8 Å². The molecule has 0 aliphatic carbocycles. The van der Waals surface area contributed by atoms with Gasteiger partial charge in [-0.3, -0.25) is 9.79 Å². The molecule has 5 heteroatoms. The van der Waals surface area contributed by atoms with Crippen LogP contribution in [0.4, 0.5) is 0 Å². The van der Waals surface area contributed by atoms with Crippen LogP contribution in [0.1, 0.15) is 6.92 Å². The van der Waals surface area contributed by atoms with Gasteiger partial charge in [0, 0.05) is 12.3 Å². The van der Waals surface area contributed by atoms with Crippen molar-refractivity contribution in [2.75, 3.05) is 18.8 Å². The van der Waals surface area contributed by atoms with Gasteiger partial charge in [0.1, 0.15) is 0 Å². The van der Waals surface area contributed by atoms with Gasteiger partial charge in [0.05, 0.1) is 6.54 Å². The number of amidine groups is 1. The van der Waals surface area contributed by atoms with Gasteiger partial charge in [-0.05, 0) is 5.92 Å². The van der Waals surface area contributed by atoms with Gasteiger partial charge in [0.15, 0.2) is 5.17 Å². The summed E-state index contributed by atoms with van der Waals surface area (Å²) in [5.41, 5.74) is 4.97. The van der Waals surface area contributed by atoms with E-state index >= 15 is 0 Å². The lowest BCUT2D eigenvalue weighted by molar-refractivity contribution is -0.116. The number of hydrogen-bond acceptors (Lipinski definition) is 4. The van der Waals surface area contributed by atoms with Gasteiger partial charge in [0.25, 0.3) is 0 Å². The summed E-state index contributed by atoms with van der Waals surface area (Å²) in [6.45, 7) is 3.18. The van der Waals surface area contributed by atoms with Crippen LogP contribution >= 0.6 is 11.8 Å². The molecule has 1 unspecified atom stereocenters. The maximum atomic E-state index is 10.4. The fourth-order valence-electron chi connectivity index (χ4n) is 0.828. The smallest absolute Gasteiger partial charge is 0.236 e. The van der Waals surface area contributed by atoms with Gasteiger partial charge in [0.2, 0.25) is 5.91 Å². The zero-order valence-corrected chi connectivity index (χ0v) is 7.86. The first-order valence-electron chi connectivity index (χ1n) is 3.88. The van der Waals surface area contributed by atoms with Crippen LogP contribution in [0.15, 0.2) is 4.99 Å². The van der Waals surface area contributed by atoms with Crippen LogP contribution in [0.2, 0.25) is 0 Å². The largest absolute Gasteiger partial charge is 0.368 e. The minimum Gasteiger partial charge on any atom is -0.368 e. The lowest BCUT2D eigenvalue weighted by Gasteiger charge is -2.16. The van der Waals surface area contributed by atoms with Crippen LogP contribution < -0.4 is 11.1 Å². The molecule has 1 aliphatic heterocycles. The van der Waals surface area contributed by atoms with E-state index in [2.05, 4.69) is 17.2 Å². The molecule has 1 rings (SSSR count). The second-order valence-electron chi connectivity index (χ2n) is 2.88. The van der Waals surface area contributed by atoms with E-state index in [4.69, 9.17) is 5.73 Å². The number of thioether (sulfide) groups is 1. The Hall–Kier alpha value is -0.710. The third kappa shape index (κ3) is 3.13. The van der Waals surface area contributed by atoms with E-state index in [1.165, 1.54) is 0 Å². The minimum atomic E-state index is -0.350. The van der Waals surface area contributed by atoms with E-state index < -0.39 is 0 Å². The number of carbonyl (C=O) groups excluding carboxylic acids is 1. The van der Waals surface area contributed by atoms with E-state index in [-0.39, 0.29) is 12.5 Å². The van der Waals surface area contributed by atoms with Crippen LogP contribution in [0, 0.1) is 5.92 Å². The van der Waals surface area contributed by atoms with Crippen molar-refractivity contribution < 1.29 is 4.79 Å². The molecule has 0 aromatic carbocycles. The summed E-state index contributed by atoms with van der Waals surface area (Å²) in [4.78, 5) is 14.6. The molecule has 0 spiro atoms. The van der Waals surface area contributed by atoms with Crippen molar-refractivity contribution in [2.45, 2.75) is 6.92 Å². The average Bonchev–Trinajstić information content (AvgIpc) is 2.03. The van der Waals surface area contributed by atoms with Crippen molar-refractivity contribution in [3.8, 4) is 0 Å². The maximum absolute atomic E-state index is 10.4. The van der Waals surface area contributed by atoms with Crippen molar-refractivity contribution in [2.24, 2.45) is 16.6 Å². The molecule has 1 amide bonds. The van der Waals surface area contributed by atoms with E-state index in [1.807, 2.05) is 0 Å². The lowest BCUT2D eigenvalue weighted by atomic mass is 10.2. The second kappa shape index (κ2) is 4.35. The molecule has 0 saturated carbocycles. The molecule has 0 bridgehead atoms. The first-order valence-corrected chi connectivity index (χ1v) is 4.86. The zero-order chi connectivity index (χ0) is 8.97. The fraction of sp³-hybridized carbons (Fsp3) is 0.714. The number of aliphatic imine (C=N–C) groups is 1. The van der Waals surface area contributed by atoms with E-state index in [0.29, 0.717) is 5.92 Å². The van der Waals surface area contributed by atoms with Crippen LogP contribution in [0.3, 0.4) is 0 Å². The number of nitrogens with zero attached hydrogens (tertiary/aromatic N) is 1. The molecule has 0 aromatic heterocycles. The second-order valence-corrected chi connectivity index (χ2v) is 3.89. The Balaban J connectivity index is 2.29. The van der Waals surface area contributed by atoms with Gasteiger partial charge < -0.3 is 11.1 Å². The Bertz CT molecular complexity index is 205. The maximum Gasteiger partial charge on any atom is 0.236 e. The summed E-state index contributed by atoms with van der Waals surface area (Å²) in [6.07, 6.45) is 0. The molecular formula is C7H13N3OS. The van der Waals surface area contributed by atoms with Gasteiger partial charge in [-0.25, -0.2) is 0 Å². The minimum absolute atomic E-state index is 0.181. The summed E-state index contributed by atoms with van der Waals surface area (Å²) in [5, 5.41) is 3.72. The first kappa shape index (κ1) is 9.38. The average molecular weight is 187 g/mol. The summed E-state index contributed by atoms with van der Waals surface area (Å²) >= 11 is 1.64. The number of amides is 1. The van der Waals surface area contributed by atoms with Gasteiger partial charge >= 0.3 is 0 Å². The molecule has 1 heterocycles. The third-order valence-electron chi connectivity index (χ3n) is 1.46. The standard InChI is InChI=1S/C7H13N3OS/c1-5-2-9-7(12-4-5)10-3-6(8)11/h5H,2-4H2,1H3,(H2,8,11)(H,9,10). The summed E-state index contributed by atoms with van der Waals surface area (Å²) < 4.78 is 0. The van der Waals surface area contributed by atoms with Crippen LogP contribution in [-0.2, 0) is 4.79 Å². The van der Waals surface area contributed by atoms with Crippen molar-refractivity contribution in [1.82, 2.24) is 5.32 Å². The molecule has 0 radical (unpaired) electrons. The predicted octanol–water partition coefficient (Wildman–Crippen LogP) is -0.200. The van der Waals surface area contributed by atoms with Crippen LogP contribution in [-0.4, -0.2) is 29.9 Å². The highest BCUT2D eigenvalue weighted by Crippen LogP contribution is 2.15. The SMILES string of the molecule is CC1CN=C(NCC(N)=O)SC1. The number of carbonyl (C=O) groups is 1. The Labute approximate surface area is 76.0 Å². The third-order valence-corrected chi connectivity index (χ3v) is 2.75. The predicted molar refractivity (Wildman–Crippen MR) is 51.1 cm³/mol. The summed E-state index contributed by atoms with van der Waals surface area (Å²) in [5.74, 6) is 1.34. The summed E-state index contributed by atoms with van der Waals surface area (Å²) in [7, 11) is 0. The number of nitrogens with two attached hydrogens (primary N) is 1. The molecule has 3 N–H and O–H groups in total. The Morgan fingerprint density at radius 3 is 3.17 bits per heavy atom. The van der Waals surface area contributed by atoms with Crippen molar-refractivity contribution in [3.63, 3.8) is 0 Å². The number of rotatable bonds is 2. The topological polar surface area (TPSA) is 67.5 Å². The van der Waals surface area contributed by atoms with Crippen LogP contribution in [0.25, 0.3) is 0 Å². The Kier molecular flexibility index (Phi) is 3.40. The van der Waals surface area contributed by atoms with Gasteiger partial charge in [-0.2, -0.15) is 0 Å². The zero-order valence-electron chi connectivity index (χ0n) is 7.04. The number of hydrogen-bond donors (Lipinski definition) is 2. The fourth-order valence-corrected chi connectivity index (χ4v) is 1.72. The quantitative estimate of drug-likeness (QED) is 0.629. The number of primary amides is 1. The molecule has 0 aromatic rings. The van der Waals surface area contributed by atoms with Gasteiger partial charge in [-0.1, -0.05) is 18.7 Å². The van der Waals surface area contributed by atoms with Crippen LogP contribution in [0.5, 0.6) is 0 Å². The molecular weight excluding hydrogens is 174 g/mol. The van der Waals surface area contributed by atoms with Crippen molar-refractivity contribution in [1.29, 1.82) is 0 Å². The molecule has 12 heavy (non-hydrogen) atoms. The van der Waals surface area contributed by atoms with Crippen molar-refractivity contribution in [3.05, 3.63) is 0 Å². The molecule has 0 saturated heterocycles. The molecule has 1 atom stereocenters. The normalized spacial score (nSPS) is 23.1. The van der Waals surface area contributed by atoms with Crippen molar-refractivity contribution >= 4 is 22.8 Å². The molecule has 4 nitrogen and oxygen atoms in total. The highest BCUT2D eigenvalue weighted by Gasteiger charge is 2.11. The number of nitrogens with one attached hydrogen (secondary N) is 1. The Morgan fingerprint density at radius 2 is 2.67 bits per heavy atom. The molecule has 68 valence electrons. The lowest BCUT2D eigenvalue weighted by Crippen LogP contribution is -2.33. The highest BCUT2D eigenvalue weighted by molar-refractivity contribution is 8.13.